The first kappa shape index (κ1) is 15.9. The van der Waals surface area contributed by atoms with Crippen LogP contribution >= 0.6 is 11.6 Å². The van der Waals surface area contributed by atoms with Crippen LogP contribution in [0.4, 0.5) is 8.78 Å². The smallest absolute Gasteiger partial charge is 0.162 e. The van der Waals surface area contributed by atoms with Crippen LogP contribution in [0.5, 0.6) is 0 Å². The fourth-order valence-electron chi connectivity index (χ4n) is 2.38. The molecule has 2 aromatic rings. The Morgan fingerprint density at radius 2 is 1.76 bits per heavy atom. The Balaban J connectivity index is 2.11. The van der Waals surface area contributed by atoms with E-state index < -0.39 is 11.6 Å². The normalized spacial score (nSPS) is 12.4. The molecule has 2 rings (SSSR count). The van der Waals surface area contributed by atoms with Crippen molar-refractivity contribution in [2.45, 2.75) is 25.8 Å². The first-order valence-electron chi connectivity index (χ1n) is 7.01. The van der Waals surface area contributed by atoms with Crippen molar-refractivity contribution < 1.29 is 8.78 Å². The lowest BCUT2D eigenvalue weighted by atomic mass is 9.98. The SMILES string of the molecule is CCNC(Cc1ccc(Cl)cc1)Cc1cccc(F)c1F. The van der Waals surface area contributed by atoms with Gasteiger partial charge in [-0.15, -0.1) is 0 Å². The predicted octanol–water partition coefficient (Wildman–Crippen LogP) is 4.38. The zero-order valence-electron chi connectivity index (χ0n) is 11.9. The van der Waals surface area contributed by atoms with Crippen LogP contribution < -0.4 is 5.32 Å². The zero-order chi connectivity index (χ0) is 15.2. The monoisotopic (exact) mass is 309 g/mol. The summed E-state index contributed by atoms with van der Waals surface area (Å²) in [5, 5.41) is 4.01. The minimum Gasteiger partial charge on any atom is -0.314 e. The van der Waals surface area contributed by atoms with Crippen LogP contribution in [-0.2, 0) is 12.8 Å². The molecule has 0 bridgehead atoms. The van der Waals surface area contributed by atoms with Crippen molar-refractivity contribution in [1.29, 1.82) is 0 Å². The number of hydrogen-bond donors (Lipinski definition) is 1. The highest BCUT2D eigenvalue weighted by Crippen LogP contribution is 2.16. The molecule has 0 saturated heterocycles. The molecule has 1 N–H and O–H groups in total. The lowest BCUT2D eigenvalue weighted by Crippen LogP contribution is -2.33. The van der Waals surface area contributed by atoms with E-state index >= 15 is 0 Å². The Hall–Kier alpha value is -1.45. The second-order valence-electron chi connectivity index (χ2n) is 5.00. The second kappa shape index (κ2) is 7.53. The summed E-state index contributed by atoms with van der Waals surface area (Å²) in [4.78, 5) is 0. The lowest BCUT2D eigenvalue weighted by molar-refractivity contribution is 0.474. The molecule has 0 radical (unpaired) electrons. The summed E-state index contributed by atoms with van der Waals surface area (Å²) < 4.78 is 27.1. The second-order valence-corrected chi connectivity index (χ2v) is 5.44. The topological polar surface area (TPSA) is 12.0 Å². The molecule has 112 valence electrons. The third-order valence-electron chi connectivity index (χ3n) is 3.39. The van der Waals surface area contributed by atoms with Crippen LogP contribution in [0.2, 0.25) is 5.02 Å². The molecule has 0 aliphatic heterocycles. The standard InChI is InChI=1S/C17H18ClF2N/c1-2-21-15(10-12-6-8-14(18)9-7-12)11-13-4-3-5-16(19)17(13)20/h3-9,15,21H,2,10-11H2,1H3. The molecule has 1 nitrogen and oxygen atoms in total. The van der Waals surface area contributed by atoms with E-state index in [2.05, 4.69) is 5.32 Å². The Morgan fingerprint density at radius 1 is 1.05 bits per heavy atom. The molecule has 0 fully saturated rings. The number of halogens is 3. The maximum absolute atomic E-state index is 13.8. The van der Waals surface area contributed by atoms with Gasteiger partial charge in [0.05, 0.1) is 0 Å². The lowest BCUT2D eigenvalue weighted by Gasteiger charge is -2.18. The summed E-state index contributed by atoms with van der Waals surface area (Å²) in [6, 6.07) is 11.9. The van der Waals surface area contributed by atoms with E-state index in [1.165, 1.54) is 0 Å². The van der Waals surface area contributed by atoms with E-state index in [-0.39, 0.29) is 6.04 Å². The fraction of sp³-hybridized carbons (Fsp3) is 0.294. The van der Waals surface area contributed by atoms with E-state index in [0.717, 1.165) is 24.6 Å². The number of rotatable bonds is 6. The maximum atomic E-state index is 13.8. The molecule has 2 aromatic carbocycles. The van der Waals surface area contributed by atoms with Crippen molar-refractivity contribution in [2.75, 3.05) is 6.54 Å². The molecule has 21 heavy (non-hydrogen) atoms. The highest BCUT2D eigenvalue weighted by atomic mass is 35.5. The van der Waals surface area contributed by atoms with Gasteiger partial charge in [-0.3, -0.25) is 0 Å². The predicted molar refractivity (Wildman–Crippen MR) is 82.7 cm³/mol. The van der Waals surface area contributed by atoms with Crippen molar-refractivity contribution in [3.63, 3.8) is 0 Å². The van der Waals surface area contributed by atoms with Crippen LogP contribution in [0, 0.1) is 11.6 Å². The largest absolute Gasteiger partial charge is 0.314 e. The van der Waals surface area contributed by atoms with Gasteiger partial charge < -0.3 is 5.32 Å². The highest BCUT2D eigenvalue weighted by molar-refractivity contribution is 6.30. The summed E-state index contributed by atoms with van der Waals surface area (Å²) in [5.41, 5.74) is 1.51. The van der Waals surface area contributed by atoms with Gasteiger partial charge in [-0.1, -0.05) is 42.8 Å². The average Bonchev–Trinajstić information content (AvgIpc) is 2.46. The van der Waals surface area contributed by atoms with Crippen LogP contribution in [0.25, 0.3) is 0 Å². The summed E-state index contributed by atoms with van der Waals surface area (Å²) in [6.45, 7) is 2.77. The summed E-state index contributed by atoms with van der Waals surface area (Å²) in [6.07, 6.45) is 1.18. The Bertz CT molecular complexity index is 584. The Kier molecular flexibility index (Phi) is 5.71. The summed E-state index contributed by atoms with van der Waals surface area (Å²) in [5.74, 6) is -1.55. The Labute approximate surface area is 128 Å². The Morgan fingerprint density at radius 3 is 2.43 bits per heavy atom. The van der Waals surface area contributed by atoms with E-state index in [4.69, 9.17) is 11.6 Å². The molecule has 1 atom stereocenters. The molecular formula is C17H18ClF2N. The minimum atomic E-state index is -0.797. The average molecular weight is 310 g/mol. The third-order valence-corrected chi connectivity index (χ3v) is 3.64. The molecule has 1 unspecified atom stereocenters. The quantitative estimate of drug-likeness (QED) is 0.835. The number of likely N-dealkylation sites (N-methyl/N-ethyl adjacent to an activating group) is 1. The maximum Gasteiger partial charge on any atom is 0.162 e. The minimum absolute atomic E-state index is 0.0486. The van der Waals surface area contributed by atoms with E-state index in [0.29, 0.717) is 17.0 Å². The van der Waals surface area contributed by atoms with E-state index in [1.54, 1.807) is 12.1 Å². The van der Waals surface area contributed by atoms with Gasteiger partial charge in [0.2, 0.25) is 0 Å². The molecule has 0 aliphatic carbocycles. The van der Waals surface area contributed by atoms with Gasteiger partial charge in [0, 0.05) is 11.1 Å². The summed E-state index contributed by atoms with van der Waals surface area (Å²) >= 11 is 5.87. The third kappa shape index (κ3) is 4.51. The summed E-state index contributed by atoms with van der Waals surface area (Å²) in [7, 11) is 0. The van der Waals surface area contributed by atoms with Crippen molar-refractivity contribution in [2.24, 2.45) is 0 Å². The molecule has 0 spiro atoms. The van der Waals surface area contributed by atoms with Crippen LogP contribution in [0.15, 0.2) is 42.5 Å². The van der Waals surface area contributed by atoms with Gasteiger partial charge in [-0.05, 0) is 48.7 Å². The van der Waals surface area contributed by atoms with Crippen molar-refractivity contribution in [1.82, 2.24) is 5.32 Å². The van der Waals surface area contributed by atoms with Gasteiger partial charge in [-0.2, -0.15) is 0 Å². The van der Waals surface area contributed by atoms with Crippen molar-refractivity contribution >= 4 is 11.6 Å². The number of hydrogen-bond acceptors (Lipinski definition) is 1. The van der Waals surface area contributed by atoms with Crippen LogP contribution in [0.3, 0.4) is 0 Å². The first-order chi connectivity index (χ1) is 10.1. The van der Waals surface area contributed by atoms with E-state index in [1.807, 2.05) is 31.2 Å². The number of nitrogens with one attached hydrogen (secondary N) is 1. The first-order valence-corrected chi connectivity index (χ1v) is 7.38. The molecule has 0 aliphatic rings. The van der Waals surface area contributed by atoms with Crippen LogP contribution in [-0.4, -0.2) is 12.6 Å². The molecular weight excluding hydrogens is 292 g/mol. The van der Waals surface area contributed by atoms with Crippen molar-refractivity contribution in [3.05, 3.63) is 70.2 Å². The van der Waals surface area contributed by atoms with Gasteiger partial charge in [0.15, 0.2) is 11.6 Å². The molecule has 0 saturated carbocycles. The van der Waals surface area contributed by atoms with Crippen LogP contribution in [0.1, 0.15) is 18.1 Å². The molecule has 0 heterocycles. The van der Waals surface area contributed by atoms with Crippen molar-refractivity contribution in [3.8, 4) is 0 Å². The van der Waals surface area contributed by atoms with Gasteiger partial charge in [-0.25, -0.2) is 8.78 Å². The van der Waals surface area contributed by atoms with E-state index in [9.17, 15) is 8.78 Å². The number of benzene rings is 2. The van der Waals surface area contributed by atoms with Gasteiger partial charge in [0.25, 0.3) is 0 Å². The zero-order valence-corrected chi connectivity index (χ0v) is 12.6. The highest BCUT2D eigenvalue weighted by Gasteiger charge is 2.14. The van der Waals surface area contributed by atoms with Gasteiger partial charge in [0.1, 0.15) is 0 Å². The van der Waals surface area contributed by atoms with Gasteiger partial charge >= 0.3 is 0 Å². The molecule has 0 aromatic heterocycles. The molecule has 4 heteroatoms. The molecule has 0 amide bonds. The fourth-order valence-corrected chi connectivity index (χ4v) is 2.51.